The van der Waals surface area contributed by atoms with Crippen LogP contribution in [0.25, 0.3) is 0 Å². The molecule has 0 fully saturated rings. The van der Waals surface area contributed by atoms with Crippen LogP contribution in [0, 0.1) is 5.41 Å². The summed E-state index contributed by atoms with van der Waals surface area (Å²) in [6.45, 7) is 7.09. The van der Waals surface area contributed by atoms with Crippen LogP contribution in [0.2, 0.25) is 0 Å². The topological polar surface area (TPSA) is 64.3 Å². The standard InChI is InChI=1S/C16H26N2O2/c1-4-10-20-14-9-7-8-13(11-14)18-15(19)16(5-2,6-3)12-17/h7-9,11H,4-6,10,12,17H2,1-3H3,(H,18,19). The maximum absolute atomic E-state index is 12.4. The van der Waals surface area contributed by atoms with E-state index in [1.807, 2.05) is 38.1 Å². The third-order valence-corrected chi connectivity index (χ3v) is 3.79. The fourth-order valence-electron chi connectivity index (χ4n) is 2.10. The zero-order chi connectivity index (χ0) is 15.0. The van der Waals surface area contributed by atoms with Gasteiger partial charge in [0.1, 0.15) is 5.75 Å². The first kappa shape index (κ1) is 16.5. The Morgan fingerprint density at radius 3 is 2.55 bits per heavy atom. The number of anilines is 1. The zero-order valence-electron chi connectivity index (χ0n) is 12.7. The average molecular weight is 278 g/mol. The van der Waals surface area contributed by atoms with Gasteiger partial charge in [0, 0.05) is 18.3 Å². The normalized spacial score (nSPS) is 11.2. The van der Waals surface area contributed by atoms with Gasteiger partial charge in [-0.05, 0) is 31.4 Å². The Morgan fingerprint density at radius 1 is 1.30 bits per heavy atom. The van der Waals surface area contributed by atoms with Gasteiger partial charge < -0.3 is 15.8 Å². The van der Waals surface area contributed by atoms with E-state index in [0.717, 1.165) is 30.7 Å². The number of carbonyl (C=O) groups is 1. The molecule has 0 aliphatic heterocycles. The quantitative estimate of drug-likeness (QED) is 0.767. The molecule has 20 heavy (non-hydrogen) atoms. The van der Waals surface area contributed by atoms with Crippen LogP contribution in [0.3, 0.4) is 0 Å². The van der Waals surface area contributed by atoms with Crippen LogP contribution in [0.5, 0.6) is 5.75 Å². The number of hydrogen-bond acceptors (Lipinski definition) is 3. The average Bonchev–Trinajstić information content (AvgIpc) is 2.48. The van der Waals surface area contributed by atoms with E-state index < -0.39 is 5.41 Å². The van der Waals surface area contributed by atoms with Gasteiger partial charge in [-0.2, -0.15) is 0 Å². The molecular weight excluding hydrogens is 252 g/mol. The minimum atomic E-state index is -0.486. The van der Waals surface area contributed by atoms with E-state index >= 15 is 0 Å². The molecule has 0 unspecified atom stereocenters. The zero-order valence-corrected chi connectivity index (χ0v) is 12.7. The number of nitrogens with two attached hydrogens (primary N) is 1. The van der Waals surface area contributed by atoms with E-state index in [1.54, 1.807) is 0 Å². The first-order chi connectivity index (χ1) is 9.61. The van der Waals surface area contributed by atoms with Crippen molar-refractivity contribution in [2.75, 3.05) is 18.5 Å². The van der Waals surface area contributed by atoms with Gasteiger partial charge in [-0.3, -0.25) is 4.79 Å². The van der Waals surface area contributed by atoms with Crippen LogP contribution >= 0.6 is 0 Å². The van der Waals surface area contributed by atoms with Crippen molar-refractivity contribution in [3.8, 4) is 5.75 Å². The highest BCUT2D eigenvalue weighted by molar-refractivity contribution is 5.95. The van der Waals surface area contributed by atoms with Crippen LogP contribution < -0.4 is 15.8 Å². The van der Waals surface area contributed by atoms with E-state index in [-0.39, 0.29) is 5.91 Å². The molecule has 1 amide bonds. The van der Waals surface area contributed by atoms with Gasteiger partial charge >= 0.3 is 0 Å². The maximum Gasteiger partial charge on any atom is 0.231 e. The number of hydrogen-bond donors (Lipinski definition) is 2. The van der Waals surface area contributed by atoms with Crippen molar-refractivity contribution in [2.24, 2.45) is 11.1 Å². The Balaban J connectivity index is 2.79. The van der Waals surface area contributed by atoms with E-state index in [1.165, 1.54) is 0 Å². The molecule has 0 aromatic heterocycles. The largest absolute Gasteiger partial charge is 0.494 e. The summed E-state index contributed by atoms with van der Waals surface area (Å²) in [6.07, 6.45) is 2.42. The monoisotopic (exact) mass is 278 g/mol. The summed E-state index contributed by atoms with van der Waals surface area (Å²) in [5, 5.41) is 2.95. The summed E-state index contributed by atoms with van der Waals surface area (Å²) in [4.78, 5) is 12.4. The highest BCUT2D eigenvalue weighted by Crippen LogP contribution is 2.27. The van der Waals surface area contributed by atoms with Gasteiger partial charge in [0.15, 0.2) is 0 Å². The fourth-order valence-corrected chi connectivity index (χ4v) is 2.10. The molecule has 0 heterocycles. The lowest BCUT2D eigenvalue weighted by Crippen LogP contribution is -2.41. The molecule has 0 spiro atoms. The van der Waals surface area contributed by atoms with Crippen molar-refractivity contribution in [1.82, 2.24) is 0 Å². The number of carbonyl (C=O) groups excluding carboxylic acids is 1. The van der Waals surface area contributed by atoms with Crippen LogP contribution in [-0.2, 0) is 4.79 Å². The number of benzene rings is 1. The molecule has 0 atom stereocenters. The second-order valence-electron chi connectivity index (χ2n) is 5.02. The molecule has 0 aliphatic carbocycles. The Morgan fingerprint density at radius 2 is 2.00 bits per heavy atom. The summed E-state index contributed by atoms with van der Waals surface area (Å²) in [5.41, 5.74) is 6.06. The molecule has 0 saturated carbocycles. The van der Waals surface area contributed by atoms with E-state index in [4.69, 9.17) is 10.5 Å². The molecule has 0 bridgehead atoms. The summed E-state index contributed by atoms with van der Waals surface area (Å²) in [6, 6.07) is 7.48. The van der Waals surface area contributed by atoms with E-state index in [9.17, 15) is 4.79 Å². The van der Waals surface area contributed by atoms with Crippen LogP contribution in [0.4, 0.5) is 5.69 Å². The predicted octanol–water partition coefficient (Wildman–Crippen LogP) is 3.18. The number of rotatable bonds is 8. The van der Waals surface area contributed by atoms with Gasteiger partial charge in [-0.15, -0.1) is 0 Å². The van der Waals surface area contributed by atoms with Crippen molar-refractivity contribution in [3.05, 3.63) is 24.3 Å². The molecular formula is C16H26N2O2. The first-order valence-electron chi connectivity index (χ1n) is 7.36. The highest BCUT2D eigenvalue weighted by atomic mass is 16.5. The Labute approximate surface area is 121 Å². The molecule has 0 radical (unpaired) electrons. The van der Waals surface area contributed by atoms with Gasteiger partial charge in [0.05, 0.1) is 12.0 Å². The third-order valence-electron chi connectivity index (χ3n) is 3.79. The number of ether oxygens (including phenoxy) is 1. The van der Waals surface area contributed by atoms with E-state index in [2.05, 4.69) is 12.2 Å². The molecule has 4 nitrogen and oxygen atoms in total. The summed E-state index contributed by atoms with van der Waals surface area (Å²) < 4.78 is 5.57. The van der Waals surface area contributed by atoms with Crippen LogP contribution in [0.1, 0.15) is 40.0 Å². The number of nitrogens with one attached hydrogen (secondary N) is 1. The first-order valence-corrected chi connectivity index (χ1v) is 7.36. The minimum absolute atomic E-state index is 0.0161. The van der Waals surface area contributed by atoms with Crippen molar-refractivity contribution in [2.45, 2.75) is 40.0 Å². The van der Waals surface area contributed by atoms with Crippen LogP contribution in [-0.4, -0.2) is 19.1 Å². The Bertz CT molecular complexity index is 420. The Kier molecular flexibility index (Phi) is 6.52. The van der Waals surface area contributed by atoms with Crippen molar-refractivity contribution in [1.29, 1.82) is 0 Å². The number of amides is 1. The van der Waals surface area contributed by atoms with Gasteiger partial charge in [-0.25, -0.2) is 0 Å². The smallest absolute Gasteiger partial charge is 0.231 e. The molecule has 1 rings (SSSR count). The molecule has 0 saturated heterocycles. The predicted molar refractivity (Wildman–Crippen MR) is 82.9 cm³/mol. The molecule has 3 N–H and O–H groups in total. The second kappa shape index (κ2) is 7.90. The lowest BCUT2D eigenvalue weighted by Gasteiger charge is -2.28. The summed E-state index contributed by atoms with van der Waals surface area (Å²) in [5.74, 6) is 0.758. The summed E-state index contributed by atoms with van der Waals surface area (Å²) in [7, 11) is 0. The Hall–Kier alpha value is -1.55. The van der Waals surface area contributed by atoms with E-state index in [0.29, 0.717) is 13.2 Å². The highest BCUT2D eigenvalue weighted by Gasteiger charge is 2.33. The minimum Gasteiger partial charge on any atom is -0.494 e. The SMILES string of the molecule is CCCOc1cccc(NC(=O)C(CC)(CC)CN)c1. The fraction of sp³-hybridized carbons (Fsp3) is 0.562. The molecule has 4 heteroatoms. The van der Waals surface area contributed by atoms with Crippen molar-refractivity contribution in [3.63, 3.8) is 0 Å². The van der Waals surface area contributed by atoms with Gasteiger partial charge in [0.25, 0.3) is 0 Å². The van der Waals surface area contributed by atoms with Crippen LogP contribution in [0.15, 0.2) is 24.3 Å². The second-order valence-corrected chi connectivity index (χ2v) is 5.02. The lowest BCUT2D eigenvalue weighted by molar-refractivity contribution is -0.125. The van der Waals surface area contributed by atoms with Crippen molar-refractivity contribution >= 4 is 11.6 Å². The molecule has 112 valence electrons. The molecule has 0 aliphatic rings. The molecule has 1 aromatic carbocycles. The lowest BCUT2D eigenvalue weighted by atomic mass is 9.81. The van der Waals surface area contributed by atoms with Gasteiger partial charge in [0.2, 0.25) is 5.91 Å². The summed E-state index contributed by atoms with van der Waals surface area (Å²) >= 11 is 0. The molecule has 1 aromatic rings. The van der Waals surface area contributed by atoms with Crippen molar-refractivity contribution < 1.29 is 9.53 Å². The third kappa shape index (κ3) is 3.97. The van der Waals surface area contributed by atoms with Gasteiger partial charge in [-0.1, -0.05) is 26.8 Å². The maximum atomic E-state index is 12.4.